The molecule has 15 heavy (non-hydrogen) atoms. The van der Waals surface area contributed by atoms with E-state index in [-0.39, 0.29) is 0 Å². The van der Waals surface area contributed by atoms with Crippen LogP contribution in [0, 0.1) is 5.92 Å². The van der Waals surface area contributed by atoms with E-state index in [1.54, 1.807) is 0 Å². The van der Waals surface area contributed by atoms with Crippen LogP contribution in [0.5, 0.6) is 0 Å². The fourth-order valence-corrected chi connectivity index (χ4v) is 2.11. The van der Waals surface area contributed by atoms with Crippen molar-refractivity contribution in [1.29, 1.82) is 0 Å². The molecule has 0 saturated carbocycles. The molecule has 0 amide bonds. The molecule has 0 fully saturated rings. The second-order valence-corrected chi connectivity index (χ2v) is 4.73. The summed E-state index contributed by atoms with van der Waals surface area (Å²) in [6.45, 7) is 11.7. The highest BCUT2D eigenvalue weighted by atomic mass is 14.9. The lowest BCUT2D eigenvalue weighted by Crippen LogP contribution is -2.27. The highest BCUT2D eigenvalue weighted by Crippen LogP contribution is 2.15. The molecule has 0 rings (SSSR count). The molecule has 1 nitrogen and oxygen atoms in total. The van der Waals surface area contributed by atoms with E-state index in [4.69, 9.17) is 0 Å². The summed E-state index contributed by atoms with van der Waals surface area (Å²) < 4.78 is 0. The third kappa shape index (κ3) is 9.99. The van der Waals surface area contributed by atoms with Crippen LogP contribution in [0.4, 0.5) is 0 Å². The Labute approximate surface area is 96.3 Å². The van der Waals surface area contributed by atoms with Crippen molar-refractivity contribution < 1.29 is 0 Å². The summed E-state index contributed by atoms with van der Waals surface area (Å²) in [5.74, 6) is 0.864. The monoisotopic (exact) mass is 211 g/mol. The number of unbranched alkanes of at least 4 members (excludes halogenated alkanes) is 3. The molecule has 2 atom stereocenters. The Bertz CT molecular complexity index is 142. The van der Waals surface area contributed by atoms with Crippen molar-refractivity contribution in [2.45, 2.75) is 65.3 Å². The molecular weight excluding hydrogens is 182 g/mol. The highest BCUT2D eigenvalue weighted by molar-refractivity contribution is 4.67. The zero-order valence-corrected chi connectivity index (χ0v) is 10.9. The van der Waals surface area contributed by atoms with Gasteiger partial charge in [0.2, 0.25) is 0 Å². The Morgan fingerprint density at radius 2 is 1.93 bits per heavy atom. The quantitative estimate of drug-likeness (QED) is 0.423. The van der Waals surface area contributed by atoms with Gasteiger partial charge in [-0.15, -0.1) is 6.58 Å². The molecule has 0 spiro atoms. The summed E-state index contributed by atoms with van der Waals surface area (Å²) in [6, 6.07) is 0.679. The largest absolute Gasteiger partial charge is 0.315 e. The minimum Gasteiger partial charge on any atom is -0.315 e. The maximum Gasteiger partial charge on any atom is 0.00411 e. The van der Waals surface area contributed by atoms with Crippen molar-refractivity contribution in [3.8, 4) is 0 Å². The van der Waals surface area contributed by atoms with E-state index in [0.29, 0.717) is 6.04 Å². The minimum absolute atomic E-state index is 0.679. The van der Waals surface area contributed by atoms with Crippen LogP contribution in [0.2, 0.25) is 0 Å². The van der Waals surface area contributed by atoms with Gasteiger partial charge in [0.1, 0.15) is 0 Å². The fraction of sp³-hybridized carbons (Fsp3) is 0.857. The SMILES string of the molecule is C=CCCCCCC(C)CC(C)NCC. The smallest absolute Gasteiger partial charge is 0.00411 e. The zero-order chi connectivity index (χ0) is 11.5. The molecule has 1 N–H and O–H groups in total. The van der Waals surface area contributed by atoms with Gasteiger partial charge in [-0.2, -0.15) is 0 Å². The number of allylic oxidation sites excluding steroid dienone is 1. The molecule has 0 aromatic rings. The van der Waals surface area contributed by atoms with Crippen molar-refractivity contribution in [3.05, 3.63) is 12.7 Å². The zero-order valence-electron chi connectivity index (χ0n) is 10.9. The first kappa shape index (κ1) is 14.7. The van der Waals surface area contributed by atoms with Gasteiger partial charge in [-0.1, -0.05) is 39.2 Å². The summed E-state index contributed by atoms with van der Waals surface area (Å²) in [4.78, 5) is 0. The minimum atomic E-state index is 0.679. The summed E-state index contributed by atoms with van der Waals surface area (Å²) in [5, 5.41) is 3.47. The summed E-state index contributed by atoms with van der Waals surface area (Å²) in [5.41, 5.74) is 0. The normalized spacial score (nSPS) is 14.9. The molecule has 0 aliphatic rings. The summed E-state index contributed by atoms with van der Waals surface area (Å²) >= 11 is 0. The van der Waals surface area contributed by atoms with Crippen molar-refractivity contribution >= 4 is 0 Å². The lowest BCUT2D eigenvalue weighted by atomic mass is 9.96. The van der Waals surface area contributed by atoms with Crippen LogP contribution in [0.15, 0.2) is 12.7 Å². The first-order chi connectivity index (χ1) is 7.20. The van der Waals surface area contributed by atoms with Crippen molar-refractivity contribution in [2.75, 3.05) is 6.54 Å². The van der Waals surface area contributed by atoms with E-state index in [2.05, 4.69) is 32.7 Å². The second-order valence-electron chi connectivity index (χ2n) is 4.73. The Morgan fingerprint density at radius 1 is 1.20 bits per heavy atom. The van der Waals surface area contributed by atoms with Crippen LogP contribution < -0.4 is 5.32 Å². The average Bonchev–Trinajstić information content (AvgIpc) is 2.17. The molecule has 0 aliphatic carbocycles. The Balaban J connectivity index is 3.31. The van der Waals surface area contributed by atoms with Gasteiger partial charge in [-0.05, 0) is 38.6 Å². The van der Waals surface area contributed by atoms with Crippen LogP contribution in [0.25, 0.3) is 0 Å². The number of hydrogen-bond acceptors (Lipinski definition) is 1. The number of rotatable bonds is 10. The molecule has 0 radical (unpaired) electrons. The summed E-state index contributed by atoms with van der Waals surface area (Å²) in [7, 11) is 0. The summed E-state index contributed by atoms with van der Waals surface area (Å²) in [6.07, 6.45) is 9.97. The van der Waals surface area contributed by atoms with Gasteiger partial charge in [0.25, 0.3) is 0 Å². The Morgan fingerprint density at radius 3 is 2.53 bits per heavy atom. The van der Waals surface area contributed by atoms with E-state index in [1.165, 1.54) is 38.5 Å². The number of nitrogens with one attached hydrogen (secondary N) is 1. The third-order valence-corrected chi connectivity index (χ3v) is 2.91. The predicted octanol–water partition coefficient (Wildman–Crippen LogP) is 4.15. The maximum absolute atomic E-state index is 3.74. The van der Waals surface area contributed by atoms with E-state index in [9.17, 15) is 0 Å². The third-order valence-electron chi connectivity index (χ3n) is 2.91. The topological polar surface area (TPSA) is 12.0 Å². The van der Waals surface area contributed by atoms with Crippen LogP contribution in [0.3, 0.4) is 0 Å². The van der Waals surface area contributed by atoms with Crippen molar-refractivity contribution in [3.63, 3.8) is 0 Å². The molecule has 0 bridgehead atoms. The highest BCUT2D eigenvalue weighted by Gasteiger charge is 2.06. The molecule has 0 aromatic heterocycles. The van der Waals surface area contributed by atoms with Gasteiger partial charge in [-0.3, -0.25) is 0 Å². The van der Waals surface area contributed by atoms with Gasteiger partial charge in [0.05, 0.1) is 0 Å². The standard InChI is InChI=1S/C14H29N/c1-5-7-8-9-10-11-13(3)12-14(4)15-6-2/h5,13-15H,1,6-12H2,2-4H3. The van der Waals surface area contributed by atoms with Crippen LogP contribution in [-0.4, -0.2) is 12.6 Å². The second kappa shape index (κ2) is 10.2. The van der Waals surface area contributed by atoms with Gasteiger partial charge >= 0.3 is 0 Å². The lowest BCUT2D eigenvalue weighted by molar-refractivity contribution is 0.395. The molecule has 0 aliphatic heterocycles. The maximum atomic E-state index is 3.74. The molecule has 2 unspecified atom stereocenters. The van der Waals surface area contributed by atoms with Gasteiger partial charge < -0.3 is 5.32 Å². The van der Waals surface area contributed by atoms with Crippen LogP contribution in [-0.2, 0) is 0 Å². The molecular formula is C14H29N. The van der Waals surface area contributed by atoms with Crippen LogP contribution >= 0.6 is 0 Å². The van der Waals surface area contributed by atoms with Crippen LogP contribution in [0.1, 0.15) is 59.3 Å². The number of hydrogen-bond donors (Lipinski definition) is 1. The predicted molar refractivity (Wildman–Crippen MR) is 70.2 cm³/mol. The molecule has 0 saturated heterocycles. The van der Waals surface area contributed by atoms with E-state index >= 15 is 0 Å². The Kier molecular flexibility index (Phi) is 10.0. The van der Waals surface area contributed by atoms with Crippen molar-refractivity contribution in [2.24, 2.45) is 5.92 Å². The fourth-order valence-electron chi connectivity index (χ4n) is 2.11. The average molecular weight is 211 g/mol. The van der Waals surface area contributed by atoms with Gasteiger partial charge in [-0.25, -0.2) is 0 Å². The van der Waals surface area contributed by atoms with Crippen molar-refractivity contribution in [1.82, 2.24) is 5.32 Å². The molecule has 0 heterocycles. The first-order valence-electron chi connectivity index (χ1n) is 6.55. The molecule has 0 aromatic carbocycles. The Hall–Kier alpha value is -0.300. The van der Waals surface area contributed by atoms with E-state index in [1.807, 2.05) is 6.08 Å². The molecule has 90 valence electrons. The van der Waals surface area contributed by atoms with E-state index in [0.717, 1.165) is 12.5 Å². The first-order valence-corrected chi connectivity index (χ1v) is 6.55. The van der Waals surface area contributed by atoms with E-state index < -0.39 is 0 Å². The molecule has 1 heteroatoms. The van der Waals surface area contributed by atoms with Gasteiger partial charge in [0, 0.05) is 6.04 Å². The lowest BCUT2D eigenvalue weighted by Gasteiger charge is -2.17. The van der Waals surface area contributed by atoms with Gasteiger partial charge in [0.15, 0.2) is 0 Å².